The van der Waals surface area contributed by atoms with Crippen molar-refractivity contribution in [2.24, 2.45) is 5.73 Å². The van der Waals surface area contributed by atoms with Gasteiger partial charge in [0.05, 0.1) is 13.1 Å². The first kappa shape index (κ1) is 14.6. The van der Waals surface area contributed by atoms with E-state index < -0.39 is 0 Å². The molecular weight excluding hydrogens is 264 g/mol. The molecule has 0 aliphatic heterocycles. The highest BCUT2D eigenvalue weighted by Crippen LogP contribution is 2.21. The van der Waals surface area contributed by atoms with Crippen LogP contribution in [0.5, 0.6) is 0 Å². The molecule has 0 bridgehead atoms. The van der Waals surface area contributed by atoms with Gasteiger partial charge in [-0.15, -0.1) is 11.3 Å². The molecule has 0 amide bonds. The van der Waals surface area contributed by atoms with Crippen molar-refractivity contribution < 1.29 is 0 Å². The van der Waals surface area contributed by atoms with Crippen LogP contribution in [0.3, 0.4) is 0 Å². The first-order valence-corrected chi connectivity index (χ1v) is 7.69. The summed E-state index contributed by atoms with van der Waals surface area (Å²) in [5.74, 6) is 5.98. The minimum atomic E-state index is 0.412. The third-order valence-corrected chi connectivity index (χ3v) is 4.01. The number of thiophene rings is 1. The van der Waals surface area contributed by atoms with Crippen LogP contribution in [0.2, 0.25) is 0 Å². The molecule has 0 unspecified atom stereocenters. The highest BCUT2D eigenvalue weighted by Gasteiger charge is 2.07. The molecule has 0 saturated heterocycles. The predicted octanol–water partition coefficient (Wildman–Crippen LogP) is 3.39. The van der Waals surface area contributed by atoms with Crippen LogP contribution < -0.4 is 10.6 Å². The normalized spacial score (nSPS) is 9.95. The zero-order chi connectivity index (χ0) is 14.4. The van der Waals surface area contributed by atoms with Gasteiger partial charge in [0.15, 0.2) is 0 Å². The number of aryl methyl sites for hydroxylation is 1. The smallest absolute Gasteiger partial charge is 0.0555 e. The van der Waals surface area contributed by atoms with Crippen LogP contribution in [0.15, 0.2) is 35.7 Å². The van der Waals surface area contributed by atoms with Crippen molar-refractivity contribution in [3.8, 4) is 11.8 Å². The van der Waals surface area contributed by atoms with Crippen LogP contribution >= 0.6 is 11.3 Å². The van der Waals surface area contributed by atoms with Gasteiger partial charge in [0, 0.05) is 28.1 Å². The Morgan fingerprint density at radius 1 is 1.30 bits per heavy atom. The molecule has 0 spiro atoms. The maximum Gasteiger partial charge on any atom is 0.0555 e. The quantitative estimate of drug-likeness (QED) is 0.872. The summed E-state index contributed by atoms with van der Waals surface area (Å²) in [6, 6.07) is 10.8. The van der Waals surface area contributed by atoms with Crippen molar-refractivity contribution in [3.05, 3.63) is 51.7 Å². The number of rotatable bonds is 4. The minimum Gasteiger partial charge on any atom is -0.367 e. The van der Waals surface area contributed by atoms with Gasteiger partial charge in [0.25, 0.3) is 0 Å². The highest BCUT2D eigenvalue weighted by molar-refractivity contribution is 7.10. The minimum absolute atomic E-state index is 0.412. The van der Waals surface area contributed by atoms with E-state index in [0.29, 0.717) is 6.54 Å². The van der Waals surface area contributed by atoms with Crippen molar-refractivity contribution >= 4 is 17.0 Å². The molecule has 0 saturated carbocycles. The van der Waals surface area contributed by atoms with Crippen molar-refractivity contribution in [2.75, 3.05) is 18.0 Å². The van der Waals surface area contributed by atoms with Gasteiger partial charge in [0.1, 0.15) is 0 Å². The maximum absolute atomic E-state index is 5.40. The fourth-order valence-corrected chi connectivity index (χ4v) is 2.91. The number of anilines is 1. The number of nitrogens with two attached hydrogens (primary N) is 1. The molecule has 2 nitrogen and oxygen atoms in total. The van der Waals surface area contributed by atoms with Crippen molar-refractivity contribution in [1.82, 2.24) is 0 Å². The van der Waals surface area contributed by atoms with Gasteiger partial charge in [-0.05, 0) is 37.6 Å². The SMILES string of the molecule is CCN(Cc1cc(C#CCN)cs1)c1cccc(C)c1. The van der Waals surface area contributed by atoms with E-state index in [1.165, 1.54) is 16.1 Å². The summed E-state index contributed by atoms with van der Waals surface area (Å²) in [7, 11) is 0. The Morgan fingerprint density at radius 2 is 2.15 bits per heavy atom. The zero-order valence-corrected chi connectivity index (χ0v) is 12.8. The number of hydrogen-bond donors (Lipinski definition) is 1. The van der Waals surface area contributed by atoms with Crippen molar-refractivity contribution in [1.29, 1.82) is 0 Å². The lowest BCUT2D eigenvalue weighted by molar-refractivity contribution is 0.842. The lowest BCUT2D eigenvalue weighted by atomic mass is 10.2. The Bertz CT molecular complexity index is 619. The summed E-state index contributed by atoms with van der Waals surface area (Å²) in [5, 5.41) is 2.10. The Morgan fingerprint density at radius 3 is 2.85 bits per heavy atom. The zero-order valence-electron chi connectivity index (χ0n) is 12.0. The van der Waals surface area contributed by atoms with Crippen molar-refractivity contribution in [2.45, 2.75) is 20.4 Å². The molecule has 2 aromatic rings. The predicted molar refractivity (Wildman–Crippen MR) is 88.2 cm³/mol. The van der Waals surface area contributed by atoms with Gasteiger partial charge in [0.2, 0.25) is 0 Å². The van der Waals surface area contributed by atoms with Crippen LogP contribution in [0, 0.1) is 18.8 Å². The van der Waals surface area contributed by atoms with E-state index in [0.717, 1.165) is 18.7 Å². The molecule has 1 aromatic carbocycles. The van der Waals surface area contributed by atoms with Crippen molar-refractivity contribution in [3.63, 3.8) is 0 Å². The maximum atomic E-state index is 5.40. The van der Waals surface area contributed by atoms with Crippen LogP contribution in [0.1, 0.15) is 22.9 Å². The highest BCUT2D eigenvalue weighted by atomic mass is 32.1. The third kappa shape index (κ3) is 3.86. The molecule has 2 N–H and O–H groups in total. The topological polar surface area (TPSA) is 29.3 Å². The molecule has 0 fully saturated rings. The van der Waals surface area contributed by atoms with Crippen LogP contribution in [-0.2, 0) is 6.54 Å². The summed E-state index contributed by atoms with van der Waals surface area (Å²) in [5.41, 5.74) is 9.03. The summed E-state index contributed by atoms with van der Waals surface area (Å²) >= 11 is 1.76. The van der Waals surface area contributed by atoms with E-state index in [1.807, 2.05) is 0 Å². The number of hydrogen-bond acceptors (Lipinski definition) is 3. The Kier molecular flexibility index (Phi) is 5.23. The second-order valence-electron chi connectivity index (χ2n) is 4.66. The molecule has 0 aliphatic rings. The van der Waals surface area contributed by atoms with Gasteiger partial charge >= 0.3 is 0 Å². The molecule has 1 aromatic heterocycles. The van der Waals surface area contributed by atoms with Crippen LogP contribution in [-0.4, -0.2) is 13.1 Å². The summed E-state index contributed by atoms with van der Waals surface area (Å²) in [6.07, 6.45) is 0. The Labute approximate surface area is 125 Å². The van der Waals surface area contributed by atoms with E-state index in [2.05, 4.69) is 66.3 Å². The lowest BCUT2D eigenvalue weighted by Crippen LogP contribution is -2.21. The molecule has 20 heavy (non-hydrogen) atoms. The molecule has 2 rings (SSSR count). The number of nitrogens with zero attached hydrogens (tertiary/aromatic N) is 1. The molecule has 3 heteroatoms. The van der Waals surface area contributed by atoms with E-state index >= 15 is 0 Å². The van der Waals surface area contributed by atoms with Gasteiger partial charge in [-0.1, -0.05) is 24.0 Å². The third-order valence-electron chi connectivity index (χ3n) is 3.08. The Hall–Kier alpha value is -1.76. The first-order chi connectivity index (χ1) is 9.72. The van der Waals surface area contributed by atoms with E-state index in [-0.39, 0.29) is 0 Å². The first-order valence-electron chi connectivity index (χ1n) is 6.81. The van der Waals surface area contributed by atoms with Gasteiger partial charge in [-0.25, -0.2) is 0 Å². The second-order valence-corrected chi connectivity index (χ2v) is 5.66. The molecular formula is C17H20N2S. The largest absolute Gasteiger partial charge is 0.367 e. The summed E-state index contributed by atoms with van der Waals surface area (Å²) < 4.78 is 0. The average molecular weight is 284 g/mol. The lowest BCUT2D eigenvalue weighted by Gasteiger charge is -2.22. The molecule has 0 radical (unpaired) electrons. The van der Waals surface area contributed by atoms with Gasteiger partial charge in [-0.2, -0.15) is 0 Å². The van der Waals surface area contributed by atoms with Crippen LogP contribution in [0.25, 0.3) is 0 Å². The fraction of sp³-hybridized carbons (Fsp3) is 0.294. The van der Waals surface area contributed by atoms with E-state index in [9.17, 15) is 0 Å². The molecule has 104 valence electrons. The summed E-state index contributed by atoms with van der Waals surface area (Å²) in [4.78, 5) is 3.70. The van der Waals surface area contributed by atoms with Crippen LogP contribution in [0.4, 0.5) is 5.69 Å². The summed E-state index contributed by atoms with van der Waals surface area (Å²) in [6.45, 7) is 6.64. The number of benzene rings is 1. The molecule has 1 heterocycles. The van der Waals surface area contributed by atoms with Gasteiger partial charge < -0.3 is 10.6 Å². The molecule has 0 aliphatic carbocycles. The van der Waals surface area contributed by atoms with E-state index in [1.54, 1.807) is 11.3 Å². The average Bonchev–Trinajstić information content (AvgIpc) is 2.90. The molecule has 0 atom stereocenters. The Balaban J connectivity index is 2.12. The van der Waals surface area contributed by atoms with Gasteiger partial charge in [-0.3, -0.25) is 0 Å². The fourth-order valence-electron chi connectivity index (χ4n) is 2.08. The van der Waals surface area contributed by atoms with E-state index in [4.69, 9.17) is 5.73 Å². The monoisotopic (exact) mass is 284 g/mol. The standard InChI is InChI=1S/C17H20N2S/c1-3-19(16-8-4-6-14(2)10-16)12-17-11-15(13-20-17)7-5-9-18/h4,6,8,10-11,13H,3,9,12,18H2,1-2H3. The second kappa shape index (κ2) is 7.14.